The van der Waals surface area contributed by atoms with Crippen LogP contribution in [0.5, 0.6) is 5.75 Å². The molecule has 0 fully saturated rings. The van der Waals surface area contributed by atoms with Crippen molar-refractivity contribution in [3.8, 4) is 5.75 Å². The van der Waals surface area contributed by atoms with Crippen molar-refractivity contribution in [1.29, 1.82) is 0 Å². The molecule has 0 atom stereocenters. The molecule has 7 nitrogen and oxygen atoms in total. The molecule has 110 valence electrons. The Hall–Kier alpha value is -1.56. The molecule has 1 aromatic rings. The zero-order valence-electron chi connectivity index (χ0n) is 9.38. The van der Waals surface area contributed by atoms with Crippen molar-refractivity contribution >= 4 is 27.6 Å². The first-order valence-corrected chi connectivity index (χ1v) is 7.31. The third kappa shape index (κ3) is 2.40. The number of thioether (sulfide) groups is 1. The standard InChI is InChI=1S/C8H5F3N2O5S2/c9-8(10,11)20(16,17)18-4-3-5(14)13-1-2-19-7(13)6(4)12-15/h3H,1-2H2. The van der Waals surface area contributed by atoms with Gasteiger partial charge in [0.2, 0.25) is 0 Å². The molecule has 0 amide bonds. The van der Waals surface area contributed by atoms with Gasteiger partial charge in [-0.25, -0.2) is 0 Å². The topological polar surface area (TPSA) is 94.8 Å². The SMILES string of the molecule is O=Nc1c(OS(=O)(=O)C(F)(F)F)cc(=O)n2c1SCC2. The number of alkyl halides is 3. The van der Waals surface area contributed by atoms with Crippen LogP contribution in [0.15, 0.2) is 21.1 Å². The maximum Gasteiger partial charge on any atom is 0.534 e. The summed E-state index contributed by atoms with van der Waals surface area (Å²) in [4.78, 5) is 22.3. The number of aromatic nitrogens is 1. The number of nitroso groups, excluding NO2 is 1. The van der Waals surface area contributed by atoms with Gasteiger partial charge in [-0.1, -0.05) is 0 Å². The summed E-state index contributed by atoms with van der Waals surface area (Å²) in [6, 6.07) is 0.495. The summed E-state index contributed by atoms with van der Waals surface area (Å²) in [6.45, 7) is 0.244. The Morgan fingerprint density at radius 3 is 2.60 bits per heavy atom. The fraction of sp³-hybridized carbons (Fsp3) is 0.375. The molecule has 2 rings (SSSR count). The number of hydrogen-bond donors (Lipinski definition) is 0. The minimum atomic E-state index is -5.97. The van der Waals surface area contributed by atoms with E-state index in [-0.39, 0.29) is 11.6 Å². The van der Waals surface area contributed by atoms with Gasteiger partial charge >= 0.3 is 15.6 Å². The van der Waals surface area contributed by atoms with E-state index in [9.17, 15) is 31.3 Å². The molecule has 2 heterocycles. The predicted octanol–water partition coefficient (Wildman–Crippen LogP) is 1.58. The van der Waals surface area contributed by atoms with Gasteiger partial charge in [-0.3, -0.25) is 4.79 Å². The monoisotopic (exact) mass is 330 g/mol. The van der Waals surface area contributed by atoms with Gasteiger partial charge < -0.3 is 8.75 Å². The lowest BCUT2D eigenvalue weighted by atomic mass is 10.4. The molecule has 0 aromatic carbocycles. The summed E-state index contributed by atoms with van der Waals surface area (Å²) in [6.07, 6.45) is 0. The fourth-order valence-corrected chi connectivity index (χ4v) is 3.03. The summed E-state index contributed by atoms with van der Waals surface area (Å²) >= 11 is 0.994. The first-order valence-electron chi connectivity index (χ1n) is 4.92. The minimum Gasteiger partial charge on any atom is -0.373 e. The van der Waals surface area contributed by atoms with E-state index in [1.807, 2.05) is 0 Å². The Bertz CT molecular complexity index is 725. The largest absolute Gasteiger partial charge is 0.534 e. The van der Waals surface area contributed by atoms with Crippen LogP contribution in [0.1, 0.15) is 0 Å². The van der Waals surface area contributed by atoms with E-state index >= 15 is 0 Å². The fourth-order valence-electron chi connectivity index (χ4n) is 1.50. The smallest absolute Gasteiger partial charge is 0.373 e. The second kappa shape index (κ2) is 4.77. The van der Waals surface area contributed by atoms with Crippen LogP contribution < -0.4 is 9.74 Å². The second-order valence-electron chi connectivity index (χ2n) is 3.58. The Labute approximate surface area is 113 Å². The van der Waals surface area contributed by atoms with Crippen molar-refractivity contribution in [2.45, 2.75) is 17.1 Å². The summed E-state index contributed by atoms with van der Waals surface area (Å²) in [7, 11) is -5.97. The highest BCUT2D eigenvalue weighted by atomic mass is 32.2. The molecular formula is C8H5F3N2O5S2. The Kier molecular flexibility index (Phi) is 3.54. The summed E-state index contributed by atoms with van der Waals surface area (Å²) in [5.41, 5.74) is -7.08. The number of hydrogen-bond acceptors (Lipinski definition) is 7. The van der Waals surface area contributed by atoms with Crippen molar-refractivity contribution in [3.05, 3.63) is 21.3 Å². The lowest BCUT2D eigenvalue weighted by Crippen LogP contribution is -2.29. The Balaban J connectivity index is 2.57. The Morgan fingerprint density at radius 1 is 1.40 bits per heavy atom. The van der Waals surface area contributed by atoms with Crippen molar-refractivity contribution in [1.82, 2.24) is 4.57 Å². The Morgan fingerprint density at radius 2 is 2.05 bits per heavy atom. The second-order valence-corrected chi connectivity index (χ2v) is 6.20. The summed E-state index contributed by atoms with van der Waals surface area (Å²) in [5.74, 6) is -0.615. The van der Waals surface area contributed by atoms with Crippen LogP contribution in [-0.4, -0.2) is 24.2 Å². The van der Waals surface area contributed by atoms with Gasteiger partial charge in [0.15, 0.2) is 11.4 Å². The van der Waals surface area contributed by atoms with Crippen molar-refractivity contribution in [2.75, 3.05) is 5.75 Å². The first kappa shape index (κ1) is 14.8. The van der Waals surface area contributed by atoms with Crippen LogP contribution in [-0.2, 0) is 16.7 Å². The van der Waals surface area contributed by atoms with Gasteiger partial charge in [-0.15, -0.1) is 16.7 Å². The van der Waals surface area contributed by atoms with Crippen molar-refractivity contribution in [3.63, 3.8) is 0 Å². The molecule has 0 spiro atoms. The van der Waals surface area contributed by atoms with Gasteiger partial charge in [0, 0.05) is 18.4 Å². The third-order valence-electron chi connectivity index (χ3n) is 2.33. The van der Waals surface area contributed by atoms with Crippen molar-refractivity contribution in [2.24, 2.45) is 5.18 Å². The average molecular weight is 330 g/mol. The summed E-state index contributed by atoms with van der Waals surface area (Å²) in [5, 5.41) is 2.45. The minimum absolute atomic E-state index is 0.0140. The molecule has 0 radical (unpaired) electrons. The van der Waals surface area contributed by atoms with Gasteiger partial charge in [0.25, 0.3) is 5.56 Å². The lowest BCUT2D eigenvalue weighted by Gasteiger charge is -2.12. The number of fused-ring (bicyclic) bond motifs is 1. The zero-order chi connectivity index (χ0) is 15.1. The van der Waals surface area contributed by atoms with E-state index < -0.39 is 32.6 Å². The number of rotatable bonds is 3. The van der Waals surface area contributed by atoms with Crippen LogP contribution in [0.4, 0.5) is 18.9 Å². The van der Waals surface area contributed by atoms with Crippen LogP contribution in [0.2, 0.25) is 0 Å². The molecule has 0 aliphatic carbocycles. The highest BCUT2D eigenvalue weighted by Crippen LogP contribution is 2.41. The van der Waals surface area contributed by atoms with Crippen LogP contribution in [0, 0.1) is 4.91 Å². The highest BCUT2D eigenvalue weighted by Gasteiger charge is 2.49. The maximum absolute atomic E-state index is 12.2. The maximum atomic E-state index is 12.2. The van der Waals surface area contributed by atoms with Gasteiger partial charge in [-0.2, -0.15) is 21.6 Å². The van der Waals surface area contributed by atoms with E-state index in [4.69, 9.17) is 0 Å². The molecule has 12 heteroatoms. The van der Waals surface area contributed by atoms with E-state index in [1.54, 1.807) is 0 Å². The van der Waals surface area contributed by atoms with Crippen LogP contribution >= 0.6 is 11.8 Å². The number of nitrogens with zero attached hydrogens (tertiary/aromatic N) is 2. The average Bonchev–Trinajstić information content (AvgIpc) is 2.76. The number of halogens is 3. The van der Waals surface area contributed by atoms with Crippen molar-refractivity contribution < 1.29 is 25.8 Å². The first-order chi connectivity index (χ1) is 9.17. The molecule has 0 N–H and O–H groups in total. The van der Waals surface area contributed by atoms with E-state index in [0.29, 0.717) is 11.8 Å². The van der Waals surface area contributed by atoms with Crippen LogP contribution in [0.25, 0.3) is 0 Å². The number of pyridine rings is 1. The molecule has 0 bridgehead atoms. The summed E-state index contributed by atoms with van der Waals surface area (Å²) < 4.78 is 63.4. The normalized spacial score (nSPS) is 14.9. The zero-order valence-corrected chi connectivity index (χ0v) is 11.0. The molecule has 1 aliphatic rings. The molecule has 0 unspecified atom stereocenters. The third-order valence-corrected chi connectivity index (χ3v) is 4.37. The molecular weight excluding hydrogens is 325 g/mol. The predicted molar refractivity (Wildman–Crippen MR) is 62.5 cm³/mol. The molecule has 0 saturated carbocycles. The van der Waals surface area contributed by atoms with E-state index in [0.717, 1.165) is 16.3 Å². The molecule has 1 aliphatic heterocycles. The highest BCUT2D eigenvalue weighted by molar-refractivity contribution is 7.99. The van der Waals surface area contributed by atoms with Gasteiger partial charge in [0.1, 0.15) is 5.03 Å². The van der Waals surface area contributed by atoms with E-state index in [1.165, 1.54) is 0 Å². The molecule has 1 aromatic heterocycles. The van der Waals surface area contributed by atoms with Crippen LogP contribution in [0.3, 0.4) is 0 Å². The lowest BCUT2D eigenvalue weighted by molar-refractivity contribution is -0.0499. The van der Waals surface area contributed by atoms with Gasteiger partial charge in [0.05, 0.1) is 0 Å². The van der Waals surface area contributed by atoms with E-state index in [2.05, 4.69) is 9.36 Å². The van der Waals surface area contributed by atoms with Gasteiger partial charge in [-0.05, 0) is 5.18 Å². The molecule has 20 heavy (non-hydrogen) atoms. The molecule has 0 saturated heterocycles. The quantitative estimate of drug-likeness (QED) is 0.474.